The fourth-order valence-electron chi connectivity index (χ4n) is 2.43. The quantitative estimate of drug-likeness (QED) is 0.724. The van der Waals surface area contributed by atoms with Gasteiger partial charge in [-0.1, -0.05) is 19.8 Å². The molecule has 98 valence electrons. The lowest BCUT2D eigenvalue weighted by molar-refractivity contribution is -0.00756. The molecule has 1 aliphatic carbocycles. The van der Waals surface area contributed by atoms with Crippen molar-refractivity contribution in [1.82, 2.24) is 5.32 Å². The topological polar surface area (TPSA) is 45.0 Å². The second-order valence-electron chi connectivity index (χ2n) is 5.47. The van der Waals surface area contributed by atoms with Gasteiger partial charge in [0.15, 0.2) is 0 Å². The van der Waals surface area contributed by atoms with Crippen LogP contribution in [0.4, 0.5) is 0 Å². The molecule has 0 radical (unpaired) electrons. The summed E-state index contributed by atoms with van der Waals surface area (Å²) >= 11 is 0. The summed E-state index contributed by atoms with van der Waals surface area (Å²) in [6, 6.07) is 2.31. The Kier molecular flexibility index (Phi) is 5.94. The molecule has 17 heavy (non-hydrogen) atoms. The SMILES string of the molecule is CNC(C)(C#N)CCCOC1CCCCC1C. The average molecular weight is 238 g/mol. The van der Waals surface area contributed by atoms with Crippen LogP contribution in [0.25, 0.3) is 0 Å². The van der Waals surface area contributed by atoms with Gasteiger partial charge in [0.25, 0.3) is 0 Å². The van der Waals surface area contributed by atoms with Gasteiger partial charge >= 0.3 is 0 Å². The monoisotopic (exact) mass is 238 g/mol. The standard InChI is InChI=1S/C14H26N2O/c1-12-7-4-5-8-13(12)17-10-6-9-14(2,11-15)16-3/h12-13,16H,4-10H2,1-3H3. The van der Waals surface area contributed by atoms with Gasteiger partial charge in [-0.05, 0) is 45.6 Å². The van der Waals surface area contributed by atoms with Crippen LogP contribution in [0.3, 0.4) is 0 Å². The summed E-state index contributed by atoms with van der Waals surface area (Å²) in [5.74, 6) is 0.704. The van der Waals surface area contributed by atoms with Crippen LogP contribution < -0.4 is 5.32 Å². The van der Waals surface area contributed by atoms with Gasteiger partial charge in [0.05, 0.1) is 12.2 Å². The first-order valence-corrected chi connectivity index (χ1v) is 6.83. The van der Waals surface area contributed by atoms with Crippen LogP contribution in [0.5, 0.6) is 0 Å². The summed E-state index contributed by atoms with van der Waals surface area (Å²) in [4.78, 5) is 0. The zero-order valence-electron chi connectivity index (χ0n) is 11.5. The van der Waals surface area contributed by atoms with Crippen LogP contribution >= 0.6 is 0 Å². The molecule has 0 saturated heterocycles. The molecule has 1 aliphatic rings. The first-order valence-electron chi connectivity index (χ1n) is 6.83. The van der Waals surface area contributed by atoms with E-state index in [2.05, 4.69) is 18.3 Å². The van der Waals surface area contributed by atoms with Crippen LogP contribution in [-0.4, -0.2) is 25.3 Å². The van der Waals surface area contributed by atoms with E-state index in [4.69, 9.17) is 10.00 Å². The van der Waals surface area contributed by atoms with Gasteiger partial charge in [-0.15, -0.1) is 0 Å². The molecule has 1 N–H and O–H groups in total. The minimum atomic E-state index is -0.401. The molecular weight excluding hydrogens is 212 g/mol. The predicted molar refractivity (Wildman–Crippen MR) is 69.7 cm³/mol. The first kappa shape index (κ1) is 14.5. The van der Waals surface area contributed by atoms with Gasteiger partial charge < -0.3 is 10.1 Å². The maximum atomic E-state index is 9.02. The van der Waals surface area contributed by atoms with Crippen molar-refractivity contribution >= 4 is 0 Å². The molecule has 3 unspecified atom stereocenters. The summed E-state index contributed by atoms with van der Waals surface area (Å²) in [6.07, 6.45) is 7.43. The van der Waals surface area contributed by atoms with E-state index in [1.807, 2.05) is 14.0 Å². The highest BCUT2D eigenvalue weighted by atomic mass is 16.5. The van der Waals surface area contributed by atoms with E-state index in [9.17, 15) is 0 Å². The maximum absolute atomic E-state index is 9.02. The highest BCUT2D eigenvalue weighted by Gasteiger charge is 2.23. The van der Waals surface area contributed by atoms with E-state index in [-0.39, 0.29) is 0 Å². The maximum Gasteiger partial charge on any atom is 0.103 e. The first-order chi connectivity index (χ1) is 8.11. The van der Waals surface area contributed by atoms with Crippen molar-refractivity contribution in [2.24, 2.45) is 5.92 Å². The van der Waals surface area contributed by atoms with Crippen LogP contribution in [0.1, 0.15) is 52.4 Å². The van der Waals surface area contributed by atoms with E-state index in [0.717, 1.165) is 19.4 Å². The van der Waals surface area contributed by atoms with Gasteiger partial charge in [0, 0.05) is 6.61 Å². The van der Waals surface area contributed by atoms with Crippen molar-refractivity contribution in [2.45, 2.75) is 64.0 Å². The van der Waals surface area contributed by atoms with Crippen LogP contribution in [0, 0.1) is 17.2 Å². The number of rotatable bonds is 6. The molecular formula is C14H26N2O. The van der Waals surface area contributed by atoms with Gasteiger partial charge in [-0.25, -0.2) is 0 Å². The zero-order valence-corrected chi connectivity index (χ0v) is 11.5. The number of nitrogens with one attached hydrogen (secondary N) is 1. The third-order valence-corrected chi connectivity index (χ3v) is 3.98. The van der Waals surface area contributed by atoms with E-state index in [0.29, 0.717) is 12.0 Å². The second kappa shape index (κ2) is 6.98. The lowest BCUT2D eigenvalue weighted by atomic mass is 9.88. The fraction of sp³-hybridized carbons (Fsp3) is 0.929. The molecule has 0 aromatic heterocycles. The normalized spacial score (nSPS) is 28.4. The molecule has 1 saturated carbocycles. The molecule has 1 fully saturated rings. The summed E-state index contributed by atoms with van der Waals surface area (Å²) in [5, 5.41) is 12.1. The number of hydrogen-bond acceptors (Lipinski definition) is 3. The molecule has 0 spiro atoms. The molecule has 0 amide bonds. The van der Waals surface area contributed by atoms with Crippen molar-refractivity contribution in [2.75, 3.05) is 13.7 Å². The molecule has 0 aromatic rings. The Bertz CT molecular complexity index is 261. The van der Waals surface area contributed by atoms with Crippen molar-refractivity contribution in [3.63, 3.8) is 0 Å². The Hall–Kier alpha value is -0.590. The van der Waals surface area contributed by atoms with E-state index in [1.165, 1.54) is 25.7 Å². The summed E-state index contributed by atoms with van der Waals surface area (Å²) in [5.41, 5.74) is -0.401. The molecule has 1 rings (SSSR count). The molecule has 0 aromatic carbocycles. The van der Waals surface area contributed by atoms with Crippen LogP contribution in [-0.2, 0) is 4.74 Å². The Balaban J connectivity index is 2.17. The molecule has 0 heterocycles. The number of ether oxygens (including phenoxy) is 1. The second-order valence-corrected chi connectivity index (χ2v) is 5.47. The minimum absolute atomic E-state index is 0.401. The van der Waals surface area contributed by atoms with E-state index in [1.54, 1.807) is 0 Å². The summed E-state index contributed by atoms with van der Waals surface area (Å²) in [6.45, 7) is 5.01. The van der Waals surface area contributed by atoms with Crippen molar-refractivity contribution in [1.29, 1.82) is 5.26 Å². The molecule has 0 aliphatic heterocycles. The van der Waals surface area contributed by atoms with Crippen molar-refractivity contribution in [3.8, 4) is 6.07 Å². The zero-order chi connectivity index (χ0) is 12.7. The summed E-state index contributed by atoms with van der Waals surface area (Å²) < 4.78 is 5.94. The number of nitriles is 1. The molecule has 3 nitrogen and oxygen atoms in total. The van der Waals surface area contributed by atoms with Crippen molar-refractivity contribution in [3.05, 3.63) is 0 Å². The average Bonchev–Trinajstić information content (AvgIpc) is 2.36. The van der Waals surface area contributed by atoms with Gasteiger partial charge in [-0.2, -0.15) is 5.26 Å². The number of nitrogens with zero attached hydrogens (tertiary/aromatic N) is 1. The molecule has 3 heteroatoms. The Morgan fingerprint density at radius 3 is 2.71 bits per heavy atom. The smallest absolute Gasteiger partial charge is 0.103 e. The predicted octanol–water partition coefficient (Wildman–Crippen LogP) is 2.86. The lowest BCUT2D eigenvalue weighted by Crippen LogP contribution is -2.38. The lowest BCUT2D eigenvalue weighted by Gasteiger charge is -2.29. The van der Waals surface area contributed by atoms with Gasteiger partial charge in [0.2, 0.25) is 0 Å². The molecule has 3 atom stereocenters. The van der Waals surface area contributed by atoms with Crippen LogP contribution in [0.2, 0.25) is 0 Å². The molecule has 0 bridgehead atoms. The fourth-order valence-corrected chi connectivity index (χ4v) is 2.43. The minimum Gasteiger partial charge on any atom is -0.378 e. The van der Waals surface area contributed by atoms with Crippen LogP contribution in [0.15, 0.2) is 0 Å². The Morgan fingerprint density at radius 2 is 2.12 bits per heavy atom. The van der Waals surface area contributed by atoms with E-state index >= 15 is 0 Å². The highest BCUT2D eigenvalue weighted by Crippen LogP contribution is 2.26. The van der Waals surface area contributed by atoms with Crippen molar-refractivity contribution < 1.29 is 4.74 Å². The Labute approximate surface area is 106 Å². The van der Waals surface area contributed by atoms with Gasteiger partial charge in [-0.3, -0.25) is 0 Å². The third kappa shape index (κ3) is 4.65. The number of hydrogen-bond donors (Lipinski definition) is 1. The highest BCUT2D eigenvalue weighted by molar-refractivity contribution is 5.02. The van der Waals surface area contributed by atoms with Gasteiger partial charge in [0.1, 0.15) is 5.54 Å². The Morgan fingerprint density at radius 1 is 1.41 bits per heavy atom. The largest absolute Gasteiger partial charge is 0.378 e. The van der Waals surface area contributed by atoms with E-state index < -0.39 is 5.54 Å². The summed E-state index contributed by atoms with van der Waals surface area (Å²) in [7, 11) is 1.84. The third-order valence-electron chi connectivity index (χ3n) is 3.98.